The Kier molecular flexibility index (Phi) is 4.44. The summed E-state index contributed by atoms with van der Waals surface area (Å²) in [5.74, 6) is 0.264. The van der Waals surface area contributed by atoms with Gasteiger partial charge in [0.05, 0.1) is 22.4 Å². The summed E-state index contributed by atoms with van der Waals surface area (Å²) in [6.45, 7) is 6.73. The van der Waals surface area contributed by atoms with Crippen LogP contribution in [0.25, 0.3) is 0 Å². The third-order valence-corrected chi connectivity index (χ3v) is 6.81. The molecular formula is C19H24N4O2S. The molecule has 0 bridgehead atoms. The number of hydrogen-bond acceptors (Lipinski definition) is 5. The van der Waals surface area contributed by atoms with Crippen molar-refractivity contribution < 1.29 is 9.59 Å². The van der Waals surface area contributed by atoms with Gasteiger partial charge < -0.3 is 9.88 Å². The Morgan fingerprint density at radius 1 is 1.27 bits per heavy atom. The van der Waals surface area contributed by atoms with Gasteiger partial charge in [0, 0.05) is 45.2 Å². The summed E-state index contributed by atoms with van der Waals surface area (Å²) in [6.07, 6.45) is 4.41. The first-order valence-electron chi connectivity index (χ1n) is 9.11. The highest BCUT2D eigenvalue weighted by Gasteiger charge is 2.47. The fourth-order valence-electron chi connectivity index (χ4n) is 4.43. The SMILES string of the molecule is CC(=O)c1cc(CN2CCC3(CC2)c2nc[nH]c2CCN3C(C)=O)cs1. The summed E-state index contributed by atoms with van der Waals surface area (Å²) in [6, 6.07) is 2.01. The molecule has 2 aromatic rings. The van der Waals surface area contributed by atoms with E-state index >= 15 is 0 Å². The number of aromatic amines is 1. The van der Waals surface area contributed by atoms with Crippen LogP contribution >= 0.6 is 11.3 Å². The van der Waals surface area contributed by atoms with E-state index in [4.69, 9.17) is 0 Å². The van der Waals surface area contributed by atoms with Crippen molar-refractivity contribution in [2.75, 3.05) is 19.6 Å². The van der Waals surface area contributed by atoms with Crippen LogP contribution in [0.4, 0.5) is 0 Å². The van der Waals surface area contributed by atoms with Crippen LogP contribution in [0, 0.1) is 0 Å². The maximum Gasteiger partial charge on any atom is 0.220 e. The molecule has 0 aromatic carbocycles. The number of imidazole rings is 1. The molecule has 138 valence electrons. The Morgan fingerprint density at radius 3 is 2.69 bits per heavy atom. The lowest BCUT2D eigenvalue weighted by Gasteiger charge is -2.50. The van der Waals surface area contributed by atoms with E-state index in [2.05, 4.69) is 20.2 Å². The second-order valence-electron chi connectivity index (χ2n) is 7.33. The maximum absolute atomic E-state index is 12.3. The molecule has 2 aliphatic heterocycles. The number of carbonyl (C=O) groups is 2. The molecular weight excluding hydrogens is 348 g/mol. The molecule has 6 nitrogen and oxygen atoms in total. The normalized spacial score (nSPS) is 19.5. The molecule has 7 heteroatoms. The number of Topliss-reactive ketones (excluding diaryl/α,β-unsaturated/α-hetero) is 1. The average Bonchev–Trinajstić information content (AvgIpc) is 3.26. The van der Waals surface area contributed by atoms with Crippen molar-refractivity contribution in [2.24, 2.45) is 0 Å². The first-order chi connectivity index (χ1) is 12.5. The topological polar surface area (TPSA) is 69.3 Å². The van der Waals surface area contributed by atoms with Crippen molar-refractivity contribution in [2.45, 2.75) is 45.2 Å². The molecule has 0 unspecified atom stereocenters. The second kappa shape index (κ2) is 6.63. The van der Waals surface area contributed by atoms with Gasteiger partial charge in [-0.3, -0.25) is 14.5 Å². The number of H-pyrrole nitrogens is 1. The van der Waals surface area contributed by atoms with Crippen LogP contribution in [0.5, 0.6) is 0 Å². The van der Waals surface area contributed by atoms with Crippen molar-refractivity contribution >= 4 is 23.0 Å². The van der Waals surface area contributed by atoms with E-state index in [1.54, 1.807) is 20.2 Å². The maximum atomic E-state index is 12.3. The molecule has 0 aliphatic carbocycles. The third kappa shape index (κ3) is 2.89. The highest BCUT2D eigenvalue weighted by Crippen LogP contribution is 2.42. The lowest BCUT2D eigenvalue weighted by atomic mass is 9.78. The summed E-state index contributed by atoms with van der Waals surface area (Å²) in [5, 5.41) is 2.08. The van der Waals surface area contributed by atoms with Gasteiger partial charge in [0.15, 0.2) is 5.78 Å². The molecule has 2 aromatic heterocycles. The zero-order valence-electron chi connectivity index (χ0n) is 15.2. The van der Waals surface area contributed by atoms with E-state index in [-0.39, 0.29) is 17.2 Å². The Hall–Kier alpha value is -1.99. The third-order valence-electron chi connectivity index (χ3n) is 5.73. The lowest BCUT2D eigenvalue weighted by molar-refractivity contribution is -0.139. The average molecular weight is 372 g/mol. The first-order valence-corrected chi connectivity index (χ1v) is 9.99. The molecule has 1 saturated heterocycles. The number of fused-ring (bicyclic) bond motifs is 2. The smallest absolute Gasteiger partial charge is 0.220 e. The minimum Gasteiger partial charge on any atom is -0.348 e. The fraction of sp³-hybridized carbons (Fsp3) is 0.526. The van der Waals surface area contributed by atoms with Crippen LogP contribution < -0.4 is 0 Å². The largest absolute Gasteiger partial charge is 0.348 e. The summed E-state index contributed by atoms with van der Waals surface area (Å²) in [7, 11) is 0. The van der Waals surface area contributed by atoms with Gasteiger partial charge >= 0.3 is 0 Å². The molecule has 0 radical (unpaired) electrons. The van der Waals surface area contributed by atoms with Gasteiger partial charge in [-0.2, -0.15) is 0 Å². The fourth-order valence-corrected chi connectivity index (χ4v) is 5.23. The number of piperidine rings is 1. The summed E-state index contributed by atoms with van der Waals surface area (Å²) < 4.78 is 0. The second-order valence-corrected chi connectivity index (χ2v) is 8.24. The first kappa shape index (κ1) is 17.4. The Bertz CT molecular complexity index is 832. The van der Waals surface area contributed by atoms with Crippen LogP contribution in [-0.2, 0) is 23.3 Å². The van der Waals surface area contributed by atoms with Gasteiger partial charge in [0.25, 0.3) is 0 Å². The predicted octanol–water partition coefficient (Wildman–Crippen LogP) is 2.57. The van der Waals surface area contributed by atoms with Crippen LogP contribution in [0.2, 0.25) is 0 Å². The number of nitrogens with zero attached hydrogens (tertiary/aromatic N) is 3. The van der Waals surface area contributed by atoms with Crippen molar-refractivity contribution in [1.82, 2.24) is 19.8 Å². The van der Waals surface area contributed by atoms with E-state index in [0.29, 0.717) is 0 Å². The van der Waals surface area contributed by atoms with E-state index in [9.17, 15) is 9.59 Å². The minimum atomic E-state index is -0.269. The van der Waals surface area contributed by atoms with Gasteiger partial charge in [-0.25, -0.2) is 4.98 Å². The summed E-state index contributed by atoms with van der Waals surface area (Å²) >= 11 is 1.52. The molecule has 0 atom stereocenters. The number of carbonyl (C=O) groups excluding carboxylic acids is 2. The summed E-state index contributed by atoms with van der Waals surface area (Å²) in [5.41, 5.74) is 3.17. The zero-order valence-corrected chi connectivity index (χ0v) is 16.1. The Balaban J connectivity index is 1.51. The van der Waals surface area contributed by atoms with Crippen LogP contribution in [0.3, 0.4) is 0 Å². The quantitative estimate of drug-likeness (QED) is 0.841. The van der Waals surface area contributed by atoms with Gasteiger partial charge in [-0.15, -0.1) is 11.3 Å². The molecule has 1 fully saturated rings. The van der Waals surface area contributed by atoms with Gasteiger partial charge in [0.2, 0.25) is 5.91 Å². The molecule has 1 spiro atoms. The van der Waals surface area contributed by atoms with Crippen molar-refractivity contribution in [3.63, 3.8) is 0 Å². The predicted molar refractivity (Wildman–Crippen MR) is 100 cm³/mol. The highest BCUT2D eigenvalue weighted by molar-refractivity contribution is 7.12. The van der Waals surface area contributed by atoms with Crippen molar-refractivity contribution in [3.8, 4) is 0 Å². The Labute approximate surface area is 157 Å². The van der Waals surface area contributed by atoms with Gasteiger partial charge in [0.1, 0.15) is 0 Å². The standard InChI is InChI=1S/C19H24N4O2S/c1-13(24)17-9-15(11-26-17)10-22-7-4-19(5-8-22)18-16(20-12-21-18)3-6-23(19)14(2)25/h9,11-12H,3-8,10H2,1-2H3,(H,20,21). The van der Waals surface area contributed by atoms with Crippen molar-refractivity contribution in [3.05, 3.63) is 39.6 Å². The van der Waals surface area contributed by atoms with Crippen molar-refractivity contribution in [1.29, 1.82) is 0 Å². The number of likely N-dealkylation sites (tertiary alicyclic amines) is 1. The number of nitrogens with one attached hydrogen (secondary N) is 1. The molecule has 1 amide bonds. The zero-order chi connectivity index (χ0) is 18.3. The number of amides is 1. The number of thiophene rings is 1. The molecule has 2 aliphatic rings. The summed E-state index contributed by atoms with van der Waals surface area (Å²) in [4.78, 5) is 36.9. The number of aromatic nitrogens is 2. The lowest BCUT2D eigenvalue weighted by Crippen LogP contribution is -2.57. The number of ketones is 1. The van der Waals surface area contributed by atoms with Gasteiger partial charge in [-0.05, 0) is 36.8 Å². The van der Waals surface area contributed by atoms with Crippen LogP contribution in [0.1, 0.15) is 53.3 Å². The van der Waals surface area contributed by atoms with Gasteiger partial charge in [-0.1, -0.05) is 0 Å². The van der Waals surface area contributed by atoms with E-state index < -0.39 is 0 Å². The van der Waals surface area contributed by atoms with E-state index in [1.807, 2.05) is 11.0 Å². The Morgan fingerprint density at radius 2 is 2.04 bits per heavy atom. The minimum absolute atomic E-state index is 0.129. The van der Waals surface area contributed by atoms with E-state index in [1.165, 1.54) is 22.6 Å². The van der Waals surface area contributed by atoms with Crippen LogP contribution in [-0.4, -0.2) is 51.1 Å². The van der Waals surface area contributed by atoms with E-state index in [0.717, 1.165) is 56.0 Å². The monoisotopic (exact) mass is 372 g/mol. The molecule has 4 heterocycles. The van der Waals surface area contributed by atoms with Crippen LogP contribution in [0.15, 0.2) is 17.8 Å². The molecule has 26 heavy (non-hydrogen) atoms. The molecule has 4 rings (SSSR count). The molecule has 0 saturated carbocycles. The number of rotatable bonds is 3. The highest BCUT2D eigenvalue weighted by atomic mass is 32.1. The number of hydrogen-bond donors (Lipinski definition) is 1. The molecule has 1 N–H and O–H groups in total.